The van der Waals surface area contributed by atoms with Gasteiger partial charge in [-0.15, -0.1) is 0 Å². The highest BCUT2D eigenvalue weighted by Gasteiger charge is 2.46. The van der Waals surface area contributed by atoms with Gasteiger partial charge in [0.15, 0.2) is 0 Å². The van der Waals surface area contributed by atoms with Crippen LogP contribution in [0.3, 0.4) is 0 Å². The zero-order valence-corrected chi connectivity index (χ0v) is 9.03. The molecule has 0 aromatic carbocycles. The van der Waals surface area contributed by atoms with E-state index in [9.17, 15) is 0 Å². The molecule has 0 atom stereocenters. The van der Waals surface area contributed by atoms with Crippen LogP contribution in [0.25, 0.3) is 0 Å². The molecule has 0 heterocycles. The fourth-order valence-electron chi connectivity index (χ4n) is 0.0437. The van der Waals surface area contributed by atoms with E-state index in [2.05, 4.69) is 0 Å². The molecule has 0 spiro atoms. The summed E-state index contributed by atoms with van der Waals surface area (Å²) >= 11 is 26.7. The van der Waals surface area contributed by atoms with Gasteiger partial charge in [-0.3, -0.25) is 0 Å². The molecule has 0 rings (SSSR count). The third-order valence-electron chi connectivity index (χ3n) is 0.427. The molecule has 0 nitrogen and oxygen atoms in total. The SMILES string of the molecule is ClSC(Cl)(Cl)C(Cl)(Cl)Cl. The first kappa shape index (κ1) is 11.1. The summed E-state index contributed by atoms with van der Waals surface area (Å²) in [6, 6.07) is 0. The van der Waals surface area contributed by atoms with Crippen LogP contribution >= 0.6 is 79.7 Å². The van der Waals surface area contributed by atoms with Gasteiger partial charge in [0.05, 0.1) is 0 Å². The van der Waals surface area contributed by atoms with Crippen molar-refractivity contribution in [3.05, 3.63) is 0 Å². The topological polar surface area (TPSA) is 0 Å². The third-order valence-corrected chi connectivity index (χ3v) is 4.89. The molecule has 56 valence electrons. The molecule has 0 bridgehead atoms. The normalized spacial score (nSPS) is 14.0. The molecule has 0 aromatic rings. The zero-order chi connectivity index (χ0) is 7.71. The largest absolute Gasteiger partial charge is 0.233 e. The Bertz CT molecular complexity index is 93.7. The maximum Gasteiger partial charge on any atom is 0.233 e. The summed E-state index contributed by atoms with van der Waals surface area (Å²) in [7, 11) is 5.72. The molecule has 0 N–H and O–H groups in total. The van der Waals surface area contributed by atoms with Crippen molar-refractivity contribution >= 4 is 79.7 Å². The maximum absolute atomic E-state index is 5.40. The lowest BCUT2D eigenvalue weighted by molar-refractivity contribution is 1.12. The van der Waals surface area contributed by atoms with Crippen LogP contribution in [0.4, 0.5) is 0 Å². The standard InChI is InChI=1S/C2Cl6S/c3-1(4,5)2(6,7)9-8. The van der Waals surface area contributed by atoms with Crippen molar-refractivity contribution in [3.8, 4) is 0 Å². The summed E-state index contributed by atoms with van der Waals surface area (Å²) in [6.07, 6.45) is 0. The highest BCUT2D eigenvalue weighted by atomic mass is 35.7. The molecule has 0 aromatic heterocycles. The van der Waals surface area contributed by atoms with Crippen LogP contribution in [-0.2, 0) is 0 Å². The quantitative estimate of drug-likeness (QED) is 0.636. The second-order valence-corrected chi connectivity index (χ2v) is 6.38. The highest BCUT2D eigenvalue weighted by molar-refractivity contribution is 8.24. The summed E-state index contributed by atoms with van der Waals surface area (Å²) in [5.74, 6) is 0. The Morgan fingerprint density at radius 1 is 0.889 bits per heavy atom. The van der Waals surface area contributed by atoms with Crippen LogP contribution in [0.5, 0.6) is 0 Å². The average Bonchev–Trinajstić information content (AvgIpc) is 1.64. The molecule has 9 heavy (non-hydrogen) atoms. The lowest BCUT2D eigenvalue weighted by Crippen LogP contribution is -2.25. The van der Waals surface area contributed by atoms with Crippen molar-refractivity contribution in [1.29, 1.82) is 0 Å². The fourth-order valence-corrected chi connectivity index (χ4v) is 1.18. The van der Waals surface area contributed by atoms with Crippen LogP contribution in [0.2, 0.25) is 0 Å². The molecular formula is C2Cl6S. The van der Waals surface area contributed by atoms with Crippen molar-refractivity contribution in [1.82, 2.24) is 0 Å². The molecule has 0 radical (unpaired) electrons. The van der Waals surface area contributed by atoms with Crippen LogP contribution in [-0.4, -0.2) is 7.46 Å². The van der Waals surface area contributed by atoms with Gasteiger partial charge < -0.3 is 0 Å². The first-order chi connectivity index (χ1) is 3.81. The van der Waals surface area contributed by atoms with E-state index in [-0.39, 0.29) is 0 Å². The van der Waals surface area contributed by atoms with Gasteiger partial charge in [-0.05, 0) is 21.7 Å². The van der Waals surface area contributed by atoms with Gasteiger partial charge in [-0.1, -0.05) is 58.0 Å². The Balaban J connectivity index is 4.14. The number of hydrogen-bond donors (Lipinski definition) is 0. The molecule has 0 aliphatic rings. The number of halogens is 6. The van der Waals surface area contributed by atoms with E-state index in [1.165, 1.54) is 0 Å². The van der Waals surface area contributed by atoms with E-state index in [1.807, 2.05) is 0 Å². The second-order valence-electron chi connectivity index (χ2n) is 1.09. The van der Waals surface area contributed by atoms with Crippen molar-refractivity contribution < 1.29 is 0 Å². The van der Waals surface area contributed by atoms with E-state index < -0.39 is 7.46 Å². The summed E-state index contributed by atoms with van der Waals surface area (Å²) in [6.45, 7) is 0. The van der Waals surface area contributed by atoms with E-state index in [4.69, 9.17) is 68.7 Å². The van der Waals surface area contributed by atoms with Gasteiger partial charge >= 0.3 is 0 Å². The van der Waals surface area contributed by atoms with E-state index in [0.717, 1.165) is 0 Å². The smallest absolute Gasteiger partial charge is 0.0832 e. The summed E-state index contributed by atoms with van der Waals surface area (Å²) < 4.78 is -3.37. The highest BCUT2D eigenvalue weighted by Crippen LogP contribution is 2.54. The molecule has 7 heteroatoms. The van der Waals surface area contributed by atoms with Gasteiger partial charge in [0.25, 0.3) is 0 Å². The monoisotopic (exact) mass is 266 g/mol. The Morgan fingerprint density at radius 2 is 1.22 bits per heavy atom. The van der Waals surface area contributed by atoms with Crippen LogP contribution in [0.15, 0.2) is 0 Å². The molecule has 0 aliphatic heterocycles. The van der Waals surface area contributed by atoms with Gasteiger partial charge in [-0.2, -0.15) is 0 Å². The predicted octanol–water partition coefficient (Wildman–Crippen LogP) is 4.37. The minimum absolute atomic E-state index is 0.541. The van der Waals surface area contributed by atoms with Crippen LogP contribution in [0.1, 0.15) is 0 Å². The van der Waals surface area contributed by atoms with Gasteiger partial charge in [-0.25, -0.2) is 0 Å². The van der Waals surface area contributed by atoms with Crippen molar-refractivity contribution in [3.63, 3.8) is 0 Å². The fraction of sp³-hybridized carbons (Fsp3) is 1.00. The van der Waals surface area contributed by atoms with Gasteiger partial charge in [0.1, 0.15) is 0 Å². The Hall–Kier alpha value is 2.09. The first-order valence-electron chi connectivity index (χ1n) is 1.55. The average molecular weight is 269 g/mol. The van der Waals surface area contributed by atoms with Gasteiger partial charge in [0, 0.05) is 0 Å². The van der Waals surface area contributed by atoms with Crippen molar-refractivity contribution in [2.75, 3.05) is 0 Å². The Labute approximate surface area is 86.6 Å². The summed E-state index contributed by atoms with van der Waals surface area (Å²) in [5.41, 5.74) is 0. The molecule has 0 saturated carbocycles. The number of hydrogen-bond acceptors (Lipinski definition) is 1. The maximum atomic E-state index is 5.40. The number of alkyl halides is 5. The number of rotatable bonds is 1. The van der Waals surface area contributed by atoms with E-state index >= 15 is 0 Å². The molecular weight excluding hydrogens is 269 g/mol. The Kier molecular flexibility index (Phi) is 4.51. The second kappa shape index (κ2) is 3.66. The minimum atomic E-state index is -1.78. The van der Waals surface area contributed by atoms with Crippen LogP contribution in [0, 0.1) is 0 Å². The Morgan fingerprint density at radius 3 is 1.22 bits per heavy atom. The van der Waals surface area contributed by atoms with Crippen LogP contribution < -0.4 is 0 Å². The molecule has 0 unspecified atom stereocenters. The predicted molar refractivity (Wildman–Crippen MR) is 48.2 cm³/mol. The summed E-state index contributed by atoms with van der Waals surface area (Å²) in [4.78, 5) is 0. The molecule has 0 aliphatic carbocycles. The third kappa shape index (κ3) is 3.33. The van der Waals surface area contributed by atoms with Crippen molar-refractivity contribution in [2.24, 2.45) is 0 Å². The minimum Gasteiger partial charge on any atom is -0.0832 e. The molecule has 0 fully saturated rings. The molecule has 0 saturated heterocycles. The zero-order valence-electron chi connectivity index (χ0n) is 3.68. The van der Waals surface area contributed by atoms with Crippen molar-refractivity contribution in [2.45, 2.75) is 7.46 Å². The molecule has 0 amide bonds. The first-order valence-corrected chi connectivity index (χ1v) is 5.09. The lowest BCUT2D eigenvalue weighted by atomic mass is 10.9. The summed E-state index contributed by atoms with van der Waals surface area (Å²) in [5, 5.41) is 0. The van der Waals surface area contributed by atoms with Gasteiger partial charge in [0.2, 0.25) is 7.46 Å². The van der Waals surface area contributed by atoms with E-state index in [0.29, 0.717) is 11.0 Å². The lowest BCUT2D eigenvalue weighted by Gasteiger charge is -2.22. The van der Waals surface area contributed by atoms with E-state index in [1.54, 1.807) is 0 Å².